The smallest absolute Gasteiger partial charge is 0.298 e. The van der Waals surface area contributed by atoms with Crippen LogP contribution < -0.4 is 10.2 Å². The maximum atomic E-state index is 13.1. The van der Waals surface area contributed by atoms with Gasteiger partial charge >= 0.3 is 0 Å². The maximum Gasteiger partial charge on any atom is 0.298 e. The number of hydrogen-bond donors (Lipinski definition) is 1. The minimum absolute atomic E-state index is 0.00513. The summed E-state index contributed by atoms with van der Waals surface area (Å²) in [4.78, 5) is 17.4. The van der Waals surface area contributed by atoms with Gasteiger partial charge in [-0.05, 0) is 24.3 Å². The number of hydrogen-bond acceptors (Lipinski definition) is 4. The van der Waals surface area contributed by atoms with Gasteiger partial charge < -0.3 is 14.6 Å². The Morgan fingerprint density at radius 1 is 1.12 bits per heavy atom. The predicted octanol–water partition coefficient (Wildman–Crippen LogP) is 3.32. The van der Waals surface area contributed by atoms with Crippen LogP contribution in [0.25, 0.3) is 11.1 Å². The van der Waals surface area contributed by atoms with Gasteiger partial charge in [0.1, 0.15) is 29.5 Å². The Labute approximate surface area is 134 Å². The van der Waals surface area contributed by atoms with Gasteiger partial charge in [0.2, 0.25) is 5.91 Å². The van der Waals surface area contributed by atoms with Crippen LogP contribution in [0.15, 0.2) is 40.8 Å². The van der Waals surface area contributed by atoms with Gasteiger partial charge in [0.15, 0.2) is 5.58 Å². The van der Waals surface area contributed by atoms with E-state index in [-0.39, 0.29) is 18.2 Å². The Hall–Kier alpha value is -3.03. The first-order valence-electron chi connectivity index (χ1n) is 6.94. The number of amides is 1. The number of carbonyl (C=O) groups excluding carboxylic acids is 1. The molecule has 0 atom stereocenters. The number of rotatable bonds is 4. The van der Waals surface area contributed by atoms with E-state index in [9.17, 15) is 18.0 Å². The summed E-state index contributed by atoms with van der Waals surface area (Å²) in [5.74, 6) is -2.55. The third-order valence-electron chi connectivity index (χ3n) is 3.19. The lowest BCUT2D eigenvalue weighted by molar-refractivity contribution is -0.115. The van der Waals surface area contributed by atoms with Crippen LogP contribution in [0.5, 0.6) is 0 Å². The van der Waals surface area contributed by atoms with Crippen molar-refractivity contribution in [2.45, 2.75) is 0 Å². The molecule has 0 bridgehead atoms. The fourth-order valence-electron chi connectivity index (χ4n) is 2.16. The molecule has 1 heterocycles. The number of anilines is 2. The highest BCUT2D eigenvalue weighted by Gasteiger charge is 2.15. The zero-order valence-corrected chi connectivity index (χ0v) is 12.5. The number of carbonyl (C=O) groups is 1. The minimum atomic E-state index is -0.792. The second-order valence-electron chi connectivity index (χ2n) is 5.17. The molecule has 5 nitrogen and oxygen atoms in total. The molecule has 8 heteroatoms. The van der Waals surface area contributed by atoms with E-state index in [2.05, 4.69) is 10.3 Å². The second-order valence-corrected chi connectivity index (χ2v) is 5.17. The molecule has 0 saturated heterocycles. The largest absolute Gasteiger partial charge is 0.423 e. The average molecular weight is 335 g/mol. The lowest BCUT2D eigenvalue weighted by Gasteiger charge is -2.14. The molecule has 0 spiro atoms. The molecule has 0 aliphatic rings. The van der Waals surface area contributed by atoms with Crippen molar-refractivity contribution < 1.29 is 22.4 Å². The highest BCUT2D eigenvalue weighted by molar-refractivity contribution is 5.93. The third kappa shape index (κ3) is 3.48. The highest BCUT2D eigenvalue weighted by atomic mass is 19.1. The predicted molar refractivity (Wildman–Crippen MR) is 82.2 cm³/mol. The number of benzene rings is 2. The average Bonchev–Trinajstić information content (AvgIpc) is 2.88. The summed E-state index contributed by atoms with van der Waals surface area (Å²) in [6.45, 7) is -0.173. The third-order valence-corrected chi connectivity index (χ3v) is 3.19. The van der Waals surface area contributed by atoms with Crippen LogP contribution in [0, 0.1) is 17.5 Å². The van der Waals surface area contributed by atoms with Gasteiger partial charge in [-0.2, -0.15) is 4.98 Å². The van der Waals surface area contributed by atoms with Gasteiger partial charge in [0.25, 0.3) is 6.01 Å². The van der Waals surface area contributed by atoms with E-state index in [0.717, 1.165) is 12.1 Å². The molecule has 24 heavy (non-hydrogen) atoms. The van der Waals surface area contributed by atoms with E-state index in [1.54, 1.807) is 7.05 Å². The van der Waals surface area contributed by atoms with Crippen molar-refractivity contribution in [2.75, 3.05) is 23.8 Å². The first-order chi connectivity index (χ1) is 11.4. The topological polar surface area (TPSA) is 58.4 Å². The van der Waals surface area contributed by atoms with Crippen molar-refractivity contribution in [3.8, 4) is 0 Å². The number of nitrogens with one attached hydrogen (secondary N) is 1. The van der Waals surface area contributed by atoms with Gasteiger partial charge in [0, 0.05) is 24.9 Å². The van der Waals surface area contributed by atoms with Crippen molar-refractivity contribution in [2.24, 2.45) is 0 Å². The second kappa shape index (κ2) is 6.23. The van der Waals surface area contributed by atoms with Gasteiger partial charge in [-0.25, -0.2) is 13.2 Å². The van der Waals surface area contributed by atoms with Crippen LogP contribution in [0.2, 0.25) is 0 Å². The van der Waals surface area contributed by atoms with Crippen molar-refractivity contribution in [1.82, 2.24) is 4.98 Å². The van der Waals surface area contributed by atoms with E-state index in [0.29, 0.717) is 17.2 Å². The van der Waals surface area contributed by atoms with Crippen molar-refractivity contribution in [3.05, 3.63) is 53.8 Å². The summed E-state index contributed by atoms with van der Waals surface area (Å²) in [5, 5.41) is 2.38. The molecule has 0 saturated carbocycles. The van der Waals surface area contributed by atoms with Crippen molar-refractivity contribution in [3.63, 3.8) is 0 Å². The normalized spacial score (nSPS) is 10.8. The lowest BCUT2D eigenvalue weighted by atomic mass is 10.3. The zero-order valence-electron chi connectivity index (χ0n) is 12.5. The summed E-state index contributed by atoms with van der Waals surface area (Å²) >= 11 is 0. The molecule has 1 aromatic heterocycles. The van der Waals surface area contributed by atoms with E-state index in [1.165, 1.54) is 23.1 Å². The molecule has 124 valence electrons. The van der Waals surface area contributed by atoms with Gasteiger partial charge in [-0.1, -0.05) is 0 Å². The van der Waals surface area contributed by atoms with Crippen LogP contribution >= 0.6 is 0 Å². The molecule has 3 rings (SSSR count). The SMILES string of the molecule is CN(CC(=O)Nc1cc(F)cc(F)c1)c1nc2cc(F)ccc2o1. The minimum Gasteiger partial charge on any atom is -0.423 e. The molecule has 0 unspecified atom stereocenters. The Balaban J connectivity index is 1.70. The molecule has 2 aromatic carbocycles. The number of likely N-dealkylation sites (N-methyl/N-ethyl adjacent to an activating group) is 1. The Morgan fingerprint density at radius 3 is 2.54 bits per heavy atom. The van der Waals surface area contributed by atoms with Gasteiger partial charge in [-0.15, -0.1) is 0 Å². The van der Waals surface area contributed by atoms with Crippen LogP contribution in [0.1, 0.15) is 0 Å². The van der Waals surface area contributed by atoms with Crippen molar-refractivity contribution in [1.29, 1.82) is 0 Å². The monoisotopic (exact) mass is 335 g/mol. The van der Waals surface area contributed by atoms with Gasteiger partial charge in [0.05, 0.1) is 0 Å². The number of aromatic nitrogens is 1. The molecule has 0 aliphatic heterocycles. The van der Waals surface area contributed by atoms with Crippen LogP contribution in [0.4, 0.5) is 24.9 Å². The van der Waals surface area contributed by atoms with Crippen LogP contribution in [-0.4, -0.2) is 24.5 Å². The molecule has 1 amide bonds. The maximum absolute atomic E-state index is 13.1. The summed E-state index contributed by atoms with van der Waals surface area (Å²) < 4.78 is 44.8. The van der Waals surface area contributed by atoms with Crippen LogP contribution in [-0.2, 0) is 4.79 Å². The summed E-state index contributed by atoms with van der Waals surface area (Å²) in [6, 6.07) is 6.72. The molecule has 0 aliphatic carbocycles. The molecular weight excluding hydrogens is 323 g/mol. The zero-order chi connectivity index (χ0) is 17.3. The summed E-state index contributed by atoms with van der Waals surface area (Å²) in [5.41, 5.74) is 0.709. The Kier molecular flexibility index (Phi) is 4.11. The summed E-state index contributed by atoms with van der Waals surface area (Å²) in [6.07, 6.45) is 0. The molecular formula is C16H12F3N3O2. The number of fused-ring (bicyclic) bond motifs is 1. The van der Waals surface area contributed by atoms with Crippen molar-refractivity contribution >= 4 is 28.7 Å². The first-order valence-corrected chi connectivity index (χ1v) is 6.94. The molecule has 1 N–H and O–H groups in total. The molecule has 3 aromatic rings. The quantitative estimate of drug-likeness (QED) is 0.795. The first kappa shape index (κ1) is 15.9. The van der Waals surface area contributed by atoms with E-state index in [1.807, 2.05) is 0 Å². The Morgan fingerprint density at radius 2 is 1.83 bits per heavy atom. The lowest BCUT2D eigenvalue weighted by Crippen LogP contribution is -2.30. The fraction of sp³-hybridized carbons (Fsp3) is 0.125. The Bertz CT molecular complexity index is 890. The summed E-state index contributed by atoms with van der Waals surface area (Å²) in [7, 11) is 1.55. The van der Waals surface area contributed by atoms with E-state index < -0.39 is 23.4 Å². The number of oxazole rings is 1. The van der Waals surface area contributed by atoms with Crippen LogP contribution in [0.3, 0.4) is 0 Å². The highest BCUT2D eigenvalue weighted by Crippen LogP contribution is 2.22. The number of nitrogens with zero attached hydrogens (tertiary/aromatic N) is 2. The van der Waals surface area contributed by atoms with E-state index in [4.69, 9.17) is 4.42 Å². The van der Waals surface area contributed by atoms with Gasteiger partial charge in [-0.3, -0.25) is 4.79 Å². The molecule has 0 radical (unpaired) electrons. The standard InChI is InChI=1S/C16H12F3N3O2/c1-22(16-21-13-7-9(17)2-3-14(13)24-16)8-15(23)20-12-5-10(18)4-11(19)6-12/h2-7H,8H2,1H3,(H,20,23). The number of halogens is 3. The molecule has 0 fully saturated rings. The van der Waals surface area contributed by atoms with E-state index >= 15 is 0 Å². The fourth-order valence-corrected chi connectivity index (χ4v) is 2.16.